The van der Waals surface area contributed by atoms with Crippen LogP contribution >= 0.6 is 0 Å². The fourth-order valence-corrected chi connectivity index (χ4v) is 4.69. The molecule has 168 valence electrons. The van der Waals surface area contributed by atoms with Gasteiger partial charge in [-0.15, -0.1) is 0 Å². The van der Waals surface area contributed by atoms with Gasteiger partial charge >= 0.3 is 6.18 Å². The van der Waals surface area contributed by atoms with Crippen LogP contribution in [0.5, 0.6) is 5.88 Å². The largest absolute Gasteiger partial charge is 0.468 e. The molecular weight excluding hydrogens is 435 g/mol. The molecule has 1 N–H and O–H groups in total. The zero-order valence-corrected chi connectivity index (χ0v) is 17.4. The monoisotopic (exact) mass is 457 g/mol. The van der Waals surface area contributed by atoms with Crippen molar-refractivity contribution in [3.8, 4) is 5.88 Å². The quantitative estimate of drug-likeness (QED) is 0.712. The van der Waals surface area contributed by atoms with E-state index in [1.165, 1.54) is 40.7 Å². The highest BCUT2D eigenvalue weighted by Gasteiger charge is 2.29. The maximum Gasteiger partial charge on any atom is 0.422 e. The second-order valence-electron chi connectivity index (χ2n) is 7.09. The maximum atomic E-state index is 12.9. The third-order valence-electron chi connectivity index (χ3n) is 4.68. The van der Waals surface area contributed by atoms with E-state index in [9.17, 15) is 26.4 Å². The number of carbonyl (C=O) groups is 1. The molecule has 3 rings (SSSR count). The summed E-state index contributed by atoms with van der Waals surface area (Å²) in [6.07, 6.45) is 0.254. The van der Waals surface area contributed by atoms with Gasteiger partial charge in [-0.05, 0) is 37.1 Å². The van der Waals surface area contributed by atoms with Crippen LogP contribution in [0.25, 0.3) is 0 Å². The normalized spacial score (nSPS) is 15.8. The minimum absolute atomic E-state index is 0.0380. The minimum Gasteiger partial charge on any atom is -0.468 e. The Kier molecular flexibility index (Phi) is 7.16. The lowest BCUT2D eigenvalue weighted by Gasteiger charge is -2.20. The van der Waals surface area contributed by atoms with Crippen molar-refractivity contribution >= 4 is 21.6 Å². The molecule has 0 aliphatic carbocycles. The summed E-state index contributed by atoms with van der Waals surface area (Å²) in [4.78, 5) is 16.3. The summed E-state index contributed by atoms with van der Waals surface area (Å²) in [5, 5.41) is 2.54. The summed E-state index contributed by atoms with van der Waals surface area (Å²) in [7, 11) is -3.71. The first kappa shape index (κ1) is 23.0. The van der Waals surface area contributed by atoms with Gasteiger partial charge in [0.1, 0.15) is 0 Å². The smallest absolute Gasteiger partial charge is 0.422 e. The van der Waals surface area contributed by atoms with E-state index < -0.39 is 28.7 Å². The lowest BCUT2D eigenvalue weighted by molar-refractivity contribution is -0.154. The SMILES string of the molecule is O=C(Nc1ccc(OCC(F)(F)F)nc1)c1cccc(S(=O)(=O)N2CCCCCC2)c1. The van der Waals surface area contributed by atoms with Crippen molar-refractivity contribution in [2.24, 2.45) is 0 Å². The molecule has 1 aromatic heterocycles. The predicted octanol–water partition coefficient (Wildman–Crippen LogP) is 3.84. The Balaban J connectivity index is 1.68. The van der Waals surface area contributed by atoms with E-state index in [0.29, 0.717) is 13.1 Å². The van der Waals surface area contributed by atoms with Crippen LogP contribution in [0, 0.1) is 0 Å². The van der Waals surface area contributed by atoms with Crippen LogP contribution in [0.2, 0.25) is 0 Å². The molecule has 0 bridgehead atoms. The number of nitrogens with zero attached hydrogens (tertiary/aromatic N) is 2. The fraction of sp³-hybridized carbons (Fsp3) is 0.400. The molecule has 1 aliphatic rings. The molecule has 0 radical (unpaired) electrons. The number of aromatic nitrogens is 1. The number of hydrogen-bond acceptors (Lipinski definition) is 5. The topological polar surface area (TPSA) is 88.6 Å². The van der Waals surface area contributed by atoms with Gasteiger partial charge < -0.3 is 10.1 Å². The molecule has 0 unspecified atom stereocenters. The summed E-state index contributed by atoms with van der Waals surface area (Å²) in [6, 6.07) is 8.27. The molecular formula is C20H22F3N3O4S. The van der Waals surface area contributed by atoms with Crippen molar-refractivity contribution < 1.29 is 31.1 Å². The fourth-order valence-electron chi connectivity index (χ4n) is 3.13. The van der Waals surface area contributed by atoms with Crippen LogP contribution in [-0.4, -0.2) is 49.5 Å². The zero-order valence-electron chi connectivity index (χ0n) is 16.6. The van der Waals surface area contributed by atoms with E-state index >= 15 is 0 Å². The standard InChI is InChI=1S/C20H22F3N3O4S/c21-20(22,23)14-30-18-9-8-16(13-24-18)25-19(27)15-6-5-7-17(12-15)31(28,29)26-10-3-1-2-4-11-26/h5-9,12-13H,1-4,10-11,14H2,(H,25,27). The number of alkyl halides is 3. The van der Waals surface area contributed by atoms with Gasteiger partial charge in [-0.2, -0.15) is 17.5 Å². The molecule has 1 aromatic carbocycles. The zero-order chi connectivity index (χ0) is 22.5. The van der Waals surface area contributed by atoms with Gasteiger partial charge in [0.2, 0.25) is 15.9 Å². The Morgan fingerprint density at radius 2 is 1.81 bits per heavy atom. The summed E-state index contributed by atoms with van der Waals surface area (Å²) in [5.74, 6) is -0.806. The lowest BCUT2D eigenvalue weighted by atomic mass is 10.2. The van der Waals surface area contributed by atoms with E-state index in [-0.39, 0.29) is 22.0 Å². The maximum absolute atomic E-state index is 12.9. The number of pyridine rings is 1. The number of sulfonamides is 1. The van der Waals surface area contributed by atoms with Crippen molar-refractivity contribution in [3.63, 3.8) is 0 Å². The number of amides is 1. The minimum atomic E-state index is -4.48. The van der Waals surface area contributed by atoms with E-state index in [1.807, 2.05) is 0 Å². The van der Waals surface area contributed by atoms with Crippen molar-refractivity contribution in [2.75, 3.05) is 25.0 Å². The lowest BCUT2D eigenvalue weighted by Crippen LogP contribution is -2.32. The molecule has 0 saturated carbocycles. The number of hydrogen-bond donors (Lipinski definition) is 1. The molecule has 1 amide bonds. The molecule has 0 atom stereocenters. The number of ether oxygens (including phenoxy) is 1. The van der Waals surface area contributed by atoms with Crippen LogP contribution in [0.3, 0.4) is 0 Å². The first-order valence-electron chi connectivity index (χ1n) is 9.72. The molecule has 0 spiro atoms. The summed E-state index contributed by atoms with van der Waals surface area (Å²) < 4.78 is 68.4. The average Bonchev–Trinajstić information content (AvgIpc) is 3.03. The van der Waals surface area contributed by atoms with Crippen LogP contribution in [0.4, 0.5) is 18.9 Å². The van der Waals surface area contributed by atoms with Crippen LogP contribution in [0.15, 0.2) is 47.5 Å². The first-order chi connectivity index (χ1) is 14.6. The number of halogens is 3. The van der Waals surface area contributed by atoms with Crippen molar-refractivity contribution in [3.05, 3.63) is 48.2 Å². The summed E-state index contributed by atoms with van der Waals surface area (Å²) in [5.41, 5.74) is 0.360. The van der Waals surface area contributed by atoms with Gasteiger partial charge in [0, 0.05) is 24.7 Å². The van der Waals surface area contributed by atoms with Crippen molar-refractivity contribution in [1.82, 2.24) is 9.29 Å². The van der Waals surface area contributed by atoms with Crippen LogP contribution < -0.4 is 10.1 Å². The van der Waals surface area contributed by atoms with Crippen LogP contribution in [-0.2, 0) is 10.0 Å². The molecule has 7 nitrogen and oxygen atoms in total. The van der Waals surface area contributed by atoms with Gasteiger partial charge in [0.25, 0.3) is 5.91 Å². The van der Waals surface area contributed by atoms with Gasteiger partial charge in [-0.25, -0.2) is 13.4 Å². The Labute approximate surface area is 178 Å². The number of carbonyl (C=O) groups excluding carboxylic acids is 1. The molecule has 11 heteroatoms. The van der Waals surface area contributed by atoms with Gasteiger partial charge in [-0.3, -0.25) is 4.79 Å². The van der Waals surface area contributed by atoms with E-state index in [1.54, 1.807) is 0 Å². The molecule has 1 aliphatic heterocycles. The van der Waals surface area contributed by atoms with Crippen molar-refractivity contribution in [2.45, 2.75) is 36.8 Å². The Morgan fingerprint density at radius 3 is 2.42 bits per heavy atom. The van der Waals surface area contributed by atoms with Crippen LogP contribution in [0.1, 0.15) is 36.0 Å². The van der Waals surface area contributed by atoms with E-state index in [4.69, 9.17) is 0 Å². The Morgan fingerprint density at radius 1 is 1.10 bits per heavy atom. The van der Waals surface area contributed by atoms with Gasteiger partial charge in [0.05, 0.1) is 16.8 Å². The first-order valence-corrected chi connectivity index (χ1v) is 11.2. The Bertz CT molecular complexity index is 1000. The highest BCUT2D eigenvalue weighted by Crippen LogP contribution is 2.22. The molecule has 1 saturated heterocycles. The molecule has 1 fully saturated rings. The van der Waals surface area contributed by atoms with Crippen molar-refractivity contribution in [1.29, 1.82) is 0 Å². The second-order valence-corrected chi connectivity index (χ2v) is 9.03. The molecule has 31 heavy (non-hydrogen) atoms. The number of rotatable bonds is 6. The molecule has 2 aromatic rings. The summed E-state index contributed by atoms with van der Waals surface area (Å²) >= 11 is 0. The average molecular weight is 457 g/mol. The predicted molar refractivity (Wildman–Crippen MR) is 107 cm³/mol. The number of benzene rings is 1. The second kappa shape index (κ2) is 9.65. The summed E-state index contributed by atoms with van der Waals surface area (Å²) in [6.45, 7) is -0.565. The van der Waals surface area contributed by atoms with Gasteiger partial charge in [0.15, 0.2) is 6.61 Å². The van der Waals surface area contributed by atoms with E-state index in [2.05, 4.69) is 15.0 Å². The number of anilines is 1. The third-order valence-corrected chi connectivity index (χ3v) is 6.57. The van der Waals surface area contributed by atoms with Gasteiger partial charge in [-0.1, -0.05) is 18.9 Å². The third kappa shape index (κ3) is 6.41. The number of nitrogens with one attached hydrogen (secondary N) is 1. The highest BCUT2D eigenvalue weighted by atomic mass is 32.2. The highest BCUT2D eigenvalue weighted by molar-refractivity contribution is 7.89. The Hall–Kier alpha value is -2.66. The molecule has 2 heterocycles. The van der Waals surface area contributed by atoms with E-state index in [0.717, 1.165) is 31.9 Å².